The van der Waals surface area contributed by atoms with Gasteiger partial charge in [0.2, 0.25) is 0 Å². The van der Waals surface area contributed by atoms with Crippen molar-refractivity contribution >= 4 is 23.1 Å². The zero-order valence-electron chi connectivity index (χ0n) is 16.2. The highest BCUT2D eigenvalue weighted by molar-refractivity contribution is 6.10. The maximum atomic E-state index is 12.3. The van der Waals surface area contributed by atoms with E-state index in [1.165, 1.54) is 18.6 Å². The van der Waals surface area contributed by atoms with E-state index in [0.29, 0.717) is 11.5 Å². The number of carbonyl (C=O) groups is 1. The molecule has 0 spiro atoms. The van der Waals surface area contributed by atoms with Gasteiger partial charge in [0.1, 0.15) is 11.5 Å². The molecule has 3 aromatic rings. The van der Waals surface area contributed by atoms with Gasteiger partial charge in [-0.3, -0.25) is 4.79 Å². The number of aromatic amines is 1. The summed E-state index contributed by atoms with van der Waals surface area (Å²) in [5.74, 6) is 0.0513. The molecule has 28 heavy (non-hydrogen) atoms. The molecule has 2 N–H and O–H groups in total. The number of anilines is 1. The van der Waals surface area contributed by atoms with E-state index in [-0.39, 0.29) is 5.91 Å². The second kappa shape index (κ2) is 8.35. The number of H-pyrrole nitrogens is 1. The molecule has 0 atom stereocenters. The summed E-state index contributed by atoms with van der Waals surface area (Å²) >= 11 is 0. The number of aliphatic imine (C=N–C) groups is 1. The third-order valence-corrected chi connectivity index (χ3v) is 4.39. The third-order valence-electron chi connectivity index (χ3n) is 4.39. The van der Waals surface area contributed by atoms with E-state index >= 15 is 0 Å². The second-order valence-corrected chi connectivity index (χ2v) is 6.49. The van der Waals surface area contributed by atoms with E-state index < -0.39 is 0 Å². The molecular formula is C22H23N5O. The summed E-state index contributed by atoms with van der Waals surface area (Å²) in [7, 11) is 3.93. The zero-order valence-corrected chi connectivity index (χ0v) is 16.2. The first-order valence-electron chi connectivity index (χ1n) is 8.88. The Bertz CT molecular complexity index is 1000. The highest BCUT2D eigenvalue weighted by atomic mass is 16.1. The van der Waals surface area contributed by atoms with Crippen molar-refractivity contribution in [2.45, 2.75) is 6.92 Å². The third kappa shape index (κ3) is 4.01. The lowest BCUT2D eigenvalue weighted by Crippen LogP contribution is -2.29. The Balaban J connectivity index is 2.06. The average Bonchev–Trinajstić information content (AvgIpc) is 3.24. The van der Waals surface area contributed by atoms with Crippen LogP contribution in [0.1, 0.15) is 16.1 Å². The molecule has 6 heteroatoms. The maximum absolute atomic E-state index is 12.3. The average molecular weight is 373 g/mol. The molecule has 0 unspecified atom stereocenters. The number of benzene rings is 2. The number of aromatic nitrogens is 2. The molecule has 0 bridgehead atoms. The number of nitrogens with zero attached hydrogens (tertiary/aromatic N) is 3. The first kappa shape index (κ1) is 19.1. The van der Waals surface area contributed by atoms with E-state index in [1.807, 2.05) is 50.2 Å². The van der Waals surface area contributed by atoms with Crippen LogP contribution >= 0.6 is 0 Å². The number of nitrogens with one attached hydrogen (secondary N) is 2. The Morgan fingerprint density at radius 2 is 1.96 bits per heavy atom. The topological polar surface area (TPSA) is 73.4 Å². The molecular weight excluding hydrogens is 350 g/mol. The van der Waals surface area contributed by atoms with Gasteiger partial charge in [0.05, 0.1) is 23.9 Å². The van der Waals surface area contributed by atoms with Crippen LogP contribution in [0.5, 0.6) is 0 Å². The summed E-state index contributed by atoms with van der Waals surface area (Å²) in [6.45, 7) is 5.82. The first-order chi connectivity index (χ1) is 13.5. The summed E-state index contributed by atoms with van der Waals surface area (Å²) in [4.78, 5) is 25.7. The Hall–Kier alpha value is -3.67. The van der Waals surface area contributed by atoms with Crippen LogP contribution in [-0.4, -0.2) is 35.8 Å². The van der Waals surface area contributed by atoms with E-state index in [9.17, 15) is 4.79 Å². The fourth-order valence-electron chi connectivity index (χ4n) is 2.93. The SMILES string of the molecule is C=CC(=Nc1c(N(C)C)ccc(-c2ccccc2)c1C)NC(=O)c1cnc[nH]1. The molecule has 0 aliphatic heterocycles. The van der Waals surface area contributed by atoms with Crippen molar-refractivity contribution in [1.82, 2.24) is 15.3 Å². The van der Waals surface area contributed by atoms with Crippen molar-refractivity contribution < 1.29 is 4.79 Å². The fraction of sp³-hybridized carbons (Fsp3) is 0.136. The van der Waals surface area contributed by atoms with Gasteiger partial charge in [-0.05, 0) is 35.8 Å². The Labute approximate surface area is 164 Å². The van der Waals surface area contributed by atoms with Crippen LogP contribution in [0.2, 0.25) is 0 Å². The van der Waals surface area contributed by atoms with Gasteiger partial charge in [-0.2, -0.15) is 0 Å². The maximum Gasteiger partial charge on any atom is 0.274 e. The van der Waals surface area contributed by atoms with Gasteiger partial charge in [-0.25, -0.2) is 9.98 Å². The van der Waals surface area contributed by atoms with Gasteiger partial charge < -0.3 is 15.2 Å². The predicted molar refractivity (Wildman–Crippen MR) is 114 cm³/mol. The van der Waals surface area contributed by atoms with Crippen molar-refractivity contribution in [3.8, 4) is 11.1 Å². The molecule has 0 fully saturated rings. The number of carbonyl (C=O) groups excluding carboxylic acids is 1. The number of hydrogen-bond acceptors (Lipinski definition) is 4. The van der Waals surface area contributed by atoms with Crippen LogP contribution in [0, 0.1) is 6.92 Å². The van der Waals surface area contributed by atoms with Crippen LogP contribution in [0.3, 0.4) is 0 Å². The van der Waals surface area contributed by atoms with Gasteiger partial charge in [0.25, 0.3) is 5.91 Å². The van der Waals surface area contributed by atoms with Crippen LogP contribution in [0.4, 0.5) is 11.4 Å². The van der Waals surface area contributed by atoms with Crippen LogP contribution in [-0.2, 0) is 0 Å². The summed E-state index contributed by atoms with van der Waals surface area (Å²) in [5, 5.41) is 2.77. The monoisotopic (exact) mass is 373 g/mol. The number of rotatable bonds is 5. The van der Waals surface area contributed by atoms with Gasteiger partial charge in [-0.15, -0.1) is 0 Å². The van der Waals surface area contributed by atoms with Crippen LogP contribution < -0.4 is 10.2 Å². The molecule has 142 valence electrons. The lowest BCUT2D eigenvalue weighted by Gasteiger charge is -2.20. The summed E-state index contributed by atoms with van der Waals surface area (Å²) in [5.41, 5.74) is 5.32. The molecule has 0 aliphatic rings. The highest BCUT2D eigenvalue weighted by Crippen LogP contribution is 2.37. The Kier molecular flexibility index (Phi) is 5.69. The van der Waals surface area contributed by atoms with Gasteiger partial charge in [0.15, 0.2) is 0 Å². The predicted octanol–water partition coefficient (Wildman–Crippen LogP) is 4.10. The standard InChI is InChI=1S/C22H23N5O/c1-5-20(26-22(28)18-13-23-14-24-18)25-21-15(2)17(11-12-19(21)27(3)4)16-9-7-6-8-10-16/h5-14H,1H2,2-4H3,(H,23,24)(H,25,26,28). The molecule has 2 aromatic carbocycles. The van der Waals surface area contributed by atoms with Crippen molar-refractivity contribution in [1.29, 1.82) is 0 Å². The largest absolute Gasteiger partial charge is 0.376 e. The fourth-order valence-corrected chi connectivity index (χ4v) is 2.93. The number of imidazole rings is 1. The number of hydrogen-bond donors (Lipinski definition) is 2. The molecule has 0 saturated heterocycles. The molecule has 3 rings (SSSR count). The lowest BCUT2D eigenvalue weighted by molar-refractivity contribution is 0.0973. The molecule has 1 aromatic heterocycles. The summed E-state index contributed by atoms with van der Waals surface area (Å²) in [6, 6.07) is 14.3. The quantitative estimate of drug-likeness (QED) is 0.522. The van der Waals surface area contributed by atoms with E-state index in [2.05, 4.69) is 40.1 Å². The highest BCUT2D eigenvalue weighted by Gasteiger charge is 2.14. The minimum atomic E-state index is -0.320. The number of amidine groups is 1. The van der Waals surface area contributed by atoms with E-state index in [4.69, 9.17) is 4.99 Å². The minimum absolute atomic E-state index is 0.320. The number of amides is 1. The van der Waals surface area contributed by atoms with Gasteiger partial charge in [-0.1, -0.05) is 43.0 Å². The minimum Gasteiger partial charge on any atom is -0.376 e. The lowest BCUT2D eigenvalue weighted by atomic mass is 9.98. The van der Waals surface area contributed by atoms with E-state index in [0.717, 1.165) is 28.1 Å². The molecule has 0 radical (unpaired) electrons. The van der Waals surface area contributed by atoms with Gasteiger partial charge in [0, 0.05) is 14.1 Å². The second-order valence-electron chi connectivity index (χ2n) is 6.49. The van der Waals surface area contributed by atoms with Crippen molar-refractivity contribution in [3.05, 3.63) is 78.9 Å². The molecule has 0 aliphatic carbocycles. The summed E-state index contributed by atoms with van der Waals surface area (Å²) < 4.78 is 0. The zero-order chi connectivity index (χ0) is 20.1. The normalized spacial score (nSPS) is 11.2. The molecule has 0 saturated carbocycles. The van der Waals surface area contributed by atoms with Crippen LogP contribution in [0.25, 0.3) is 11.1 Å². The molecule has 6 nitrogen and oxygen atoms in total. The Morgan fingerprint density at radius 3 is 2.57 bits per heavy atom. The Morgan fingerprint density at radius 1 is 1.21 bits per heavy atom. The first-order valence-corrected chi connectivity index (χ1v) is 8.88. The smallest absolute Gasteiger partial charge is 0.274 e. The van der Waals surface area contributed by atoms with E-state index in [1.54, 1.807) is 0 Å². The van der Waals surface area contributed by atoms with Gasteiger partial charge >= 0.3 is 0 Å². The van der Waals surface area contributed by atoms with Crippen molar-refractivity contribution in [2.75, 3.05) is 19.0 Å². The molecule has 1 amide bonds. The molecule has 1 heterocycles. The van der Waals surface area contributed by atoms with Crippen molar-refractivity contribution in [3.63, 3.8) is 0 Å². The summed E-state index contributed by atoms with van der Waals surface area (Å²) in [6.07, 6.45) is 4.45. The van der Waals surface area contributed by atoms with Crippen molar-refractivity contribution in [2.24, 2.45) is 4.99 Å². The van der Waals surface area contributed by atoms with Crippen LogP contribution in [0.15, 0.2) is 72.6 Å².